The minimum absolute atomic E-state index is 0.609. The van der Waals surface area contributed by atoms with Crippen LogP contribution in [0.15, 0.2) is 6.07 Å². The molecule has 104 valence electrons. The Morgan fingerprint density at radius 1 is 1.16 bits per heavy atom. The van der Waals surface area contributed by atoms with E-state index in [1.165, 1.54) is 22.7 Å². The van der Waals surface area contributed by atoms with Crippen molar-refractivity contribution in [1.82, 2.24) is 4.98 Å². The van der Waals surface area contributed by atoms with Crippen molar-refractivity contribution in [3.8, 4) is 17.2 Å². The highest BCUT2D eigenvalue weighted by Crippen LogP contribution is 2.44. The minimum atomic E-state index is 0.609. The average molecular weight is 297 g/mol. The van der Waals surface area contributed by atoms with Gasteiger partial charge < -0.3 is 14.2 Å². The summed E-state index contributed by atoms with van der Waals surface area (Å²) in [6.07, 6.45) is 2.25. The molecule has 19 heavy (non-hydrogen) atoms. The molecular weight excluding hydrogens is 278 g/mol. The molecule has 0 atom stereocenters. The van der Waals surface area contributed by atoms with E-state index in [1.807, 2.05) is 6.07 Å². The Kier molecular flexibility index (Phi) is 4.65. The summed E-state index contributed by atoms with van der Waals surface area (Å²) in [6.45, 7) is 0. The van der Waals surface area contributed by atoms with Gasteiger partial charge in [-0.15, -0.1) is 11.3 Å². The number of thiazole rings is 1. The molecular formula is C13H19NO3SSi. The molecule has 0 amide bonds. The van der Waals surface area contributed by atoms with Crippen LogP contribution in [0.2, 0.25) is 6.04 Å². The first-order valence-corrected chi connectivity index (χ1v) is 8.56. The number of ether oxygens (including phenoxy) is 3. The van der Waals surface area contributed by atoms with Crippen LogP contribution in [-0.2, 0) is 6.42 Å². The van der Waals surface area contributed by atoms with Crippen molar-refractivity contribution in [2.45, 2.75) is 18.9 Å². The third-order valence-corrected chi connectivity index (χ3v) is 4.75. The standard InChI is InChI=1S/C13H19NO3SSi/c1-15-8-7-9-11(13(17-3)12(8)16-2)14-10(18-9)5-4-6-19/h7H,4-6H2,1-3,19H3. The van der Waals surface area contributed by atoms with E-state index >= 15 is 0 Å². The van der Waals surface area contributed by atoms with Crippen LogP contribution in [0.3, 0.4) is 0 Å². The predicted molar refractivity (Wildman–Crippen MR) is 82.3 cm³/mol. The Labute approximate surface area is 120 Å². The maximum Gasteiger partial charge on any atom is 0.205 e. The average Bonchev–Trinajstić information content (AvgIpc) is 2.85. The van der Waals surface area contributed by atoms with Crippen LogP contribution < -0.4 is 14.2 Å². The molecule has 0 radical (unpaired) electrons. The van der Waals surface area contributed by atoms with Crippen LogP contribution in [0.4, 0.5) is 0 Å². The molecule has 0 spiro atoms. The lowest BCUT2D eigenvalue weighted by Crippen LogP contribution is -1.95. The molecule has 2 aromatic rings. The van der Waals surface area contributed by atoms with Crippen LogP contribution in [0.5, 0.6) is 17.2 Å². The third kappa shape index (κ3) is 2.69. The number of hydrogen-bond donors (Lipinski definition) is 0. The lowest BCUT2D eigenvalue weighted by molar-refractivity contribution is 0.327. The van der Waals surface area contributed by atoms with E-state index in [9.17, 15) is 0 Å². The van der Waals surface area contributed by atoms with E-state index in [0.717, 1.165) is 21.6 Å². The van der Waals surface area contributed by atoms with Crippen molar-refractivity contribution >= 4 is 31.8 Å². The molecule has 1 aromatic heterocycles. The second-order valence-corrected chi connectivity index (χ2v) is 6.32. The highest BCUT2D eigenvalue weighted by Gasteiger charge is 2.19. The maximum atomic E-state index is 5.46. The van der Waals surface area contributed by atoms with Crippen molar-refractivity contribution in [1.29, 1.82) is 0 Å². The topological polar surface area (TPSA) is 40.6 Å². The van der Waals surface area contributed by atoms with E-state index in [0.29, 0.717) is 17.2 Å². The van der Waals surface area contributed by atoms with Gasteiger partial charge in [-0.05, 0) is 6.42 Å². The molecule has 0 aliphatic rings. The number of fused-ring (bicyclic) bond motifs is 1. The monoisotopic (exact) mass is 297 g/mol. The second kappa shape index (κ2) is 6.25. The largest absolute Gasteiger partial charge is 0.493 e. The molecule has 0 fully saturated rings. The smallest absolute Gasteiger partial charge is 0.205 e. The summed E-state index contributed by atoms with van der Waals surface area (Å²) >= 11 is 1.70. The van der Waals surface area contributed by atoms with E-state index in [1.54, 1.807) is 32.7 Å². The Bertz CT molecular complexity index is 571. The summed E-state index contributed by atoms with van der Waals surface area (Å²) in [7, 11) is 6.13. The van der Waals surface area contributed by atoms with Gasteiger partial charge in [0.2, 0.25) is 5.75 Å². The lowest BCUT2D eigenvalue weighted by atomic mass is 10.2. The Morgan fingerprint density at radius 2 is 1.89 bits per heavy atom. The fourth-order valence-electron chi connectivity index (χ4n) is 2.01. The summed E-state index contributed by atoms with van der Waals surface area (Å²) in [5.41, 5.74) is 0.869. The van der Waals surface area contributed by atoms with Gasteiger partial charge in [0.15, 0.2) is 11.5 Å². The van der Waals surface area contributed by atoms with Crippen LogP contribution >= 0.6 is 11.3 Å². The predicted octanol–water partition coefficient (Wildman–Crippen LogP) is 2.04. The molecule has 1 aromatic carbocycles. The molecule has 1 heterocycles. The minimum Gasteiger partial charge on any atom is -0.493 e. The fraction of sp³-hybridized carbons (Fsp3) is 0.462. The first kappa shape index (κ1) is 14.1. The van der Waals surface area contributed by atoms with Gasteiger partial charge in [-0.1, -0.05) is 12.5 Å². The zero-order valence-corrected chi connectivity index (χ0v) is 14.6. The summed E-state index contributed by atoms with van der Waals surface area (Å²) in [5, 5.41) is 1.15. The molecule has 4 nitrogen and oxygen atoms in total. The third-order valence-electron chi connectivity index (χ3n) is 2.98. The molecule has 0 saturated carbocycles. The first-order valence-electron chi connectivity index (χ1n) is 6.33. The molecule has 0 aliphatic carbocycles. The zero-order chi connectivity index (χ0) is 13.8. The van der Waals surface area contributed by atoms with Crippen molar-refractivity contribution in [3.05, 3.63) is 11.1 Å². The lowest BCUT2D eigenvalue weighted by Gasteiger charge is -2.11. The van der Waals surface area contributed by atoms with Gasteiger partial charge >= 0.3 is 0 Å². The van der Waals surface area contributed by atoms with E-state index in [4.69, 9.17) is 14.2 Å². The zero-order valence-electron chi connectivity index (χ0n) is 11.8. The highest BCUT2D eigenvalue weighted by atomic mass is 32.1. The SMILES string of the molecule is COc1cc2sc(CCC[SiH3])nc2c(OC)c1OC. The van der Waals surface area contributed by atoms with Crippen LogP contribution in [0.25, 0.3) is 10.2 Å². The van der Waals surface area contributed by atoms with Gasteiger partial charge in [0.1, 0.15) is 5.52 Å². The van der Waals surface area contributed by atoms with Gasteiger partial charge in [0.25, 0.3) is 0 Å². The summed E-state index contributed by atoms with van der Waals surface area (Å²) < 4.78 is 17.3. The number of rotatable bonds is 6. The highest BCUT2D eigenvalue weighted by molar-refractivity contribution is 7.18. The van der Waals surface area contributed by atoms with Gasteiger partial charge in [-0.2, -0.15) is 0 Å². The summed E-state index contributed by atoms with van der Waals surface area (Å²) in [5.74, 6) is 1.95. The second-order valence-electron chi connectivity index (χ2n) is 4.20. The quantitative estimate of drug-likeness (QED) is 0.765. The Hall–Kier alpha value is -1.27. The van der Waals surface area contributed by atoms with Crippen molar-refractivity contribution in [2.75, 3.05) is 21.3 Å². The number of aromatic nitrogens is 1. The van der Waals surface area contributed by atoms with Gasteiger partial charge in [-0.25, -0.2) is 4.98 Å². The number of aryl methyl sites for hydroxylation is 1. The van der Waals surface area contributed by atoms with Crippen LogP contribution in [0.1, 0.15) is 11.4 Å². The molecule has 2 rings (SSSR count). The molecule has 0 saturated heterocycles. The molecule has 0 unspecified atom stereocenters. The van der Waals surface area contributed by atoms with Crippen molar-refractivity contribution in [3.63, 3.8) is 0 Å². The molecule has 0 bridgehead atoms. The normalized spacial score (nSPS) is 10.9. The van der Waals surface area contributed by atoms with Crippen LogP contribution in [-0.4, -0.2) is 36.6 Å². The number of methoxy groups -OCH3 is 3. The summed E-state index contributed by atoms with van der Waals surface area (Å²) in [6, 6.07) is 3.28. The van der Waals surface area contributed by atoms with E-state index in [2.05, 4.69) is 4.98 Å². The Balaban J connectivity index is 2.56. The van der Waals surface area contributed by atoms with Gasteiger partial charge in [0.05, 0.1) is 31.0 Å². The maximum absolute atomic E-state index is 5.46. The molecule has 0 N–H and O–H groups in total. The number of benzene rings is 1. The molecule has 6 heteroatoms. The van der Waals surface area contributed by atoms with Gasteiger partial charge in [0, 0.05) is 16.3 Å². The first-order chi connectivity index (χ1) is 9.24. The fourth-order valence-corrected chi connectivity index (χ4v) is 3.40. The number of nitrogens with zero attached hydrogens (tertiary/aromatic N) is 1. The van der Waals surface area contributed by atoms with Crippen molar-refractivity contribution in [2.24, 2.45) is 0 Å². The van der Waals surface area contributed by atoms with E-state index in [-0.39, 0.29) is 0 Å². The molecule has 0 aliphatic heterocycles. The van der Waals surface area contributed by atoms with E-state index < -0.39 is 0 Å². The van der Waals surface area contributed by atoms with Crippen molar-refractivity contribution < 1.29 is 14.2 Å². The number of hydrogen-bond acceptors (Lipinski definition) is 5. The van der Waals surface area contributed by atoms with Gasteiger partial charge in [-0.3, -0.25) is 0 Å². The Morgan fingerprint density at radius 3 is 2.47 bits per heavy atom. The summed E-state index contributed by atoms with van der Waals surface area (Å²) in [4.78, 5) is 4.68. The van der Waals surface area contributed by atoms with Crippen LogP contribution in [0, 0.1) is 0 Å².